The van der Waals surface area contributed by atoms with Crippen molar-refractivity contribution in [1.29, 1.82) is 0 Å². The molecule has 0 aliphatic rings. The van der Waals surface area contributed by atoms with Crippen LogP contribution in [0.15, 0.2) is 52.2 Å². The molecule has 25 heavy (non-hydrogen) atoms. The quantitative estimate of drug-likeness (QED) is 0.560. The Labute approximate surface area is 160 Å². The second-order valence-electron chi connectivity index (χ2n) is 5.61. The van der Waals surface area contributed by atoms with Crippen LogP contribution in [0.5, 0.6) is 0 Å². The molecule has 0 saturated heterocycles. The van der Waals surface area contributed by atoms with Gasteiger partial charge in [-0.15, -0.1) is 11.3 Å². The van der Waals surface area contributed by atoms with Crippen molar-refractivity contribution in [3.05, 3.63) is 64.0 Å². The van der Waals surface area contributed by atoms with Gasteiger partial charge >= 0.3 is 0 Å². The molecule has 1 amide bonds. The first-order valence-electron chi connectivity index (χ1n) is 7.73. The maximum Gasteiger partial charge on any atom is 0.234 e. The van der Waals surface area contributed by atoms with Crippen LogP contribution in [0.2, 0.25) is 5.02 Å². The molecule has 3 rings (SSSR count). The van der Waals surface area contributed by atoms with E-state index in [9.17, 15) is 4.79 Å². The number of benzene rings is 2. The number of nitrogens with zero attached hydrogens (tertiary/aromatic N) is 1. The van der Waals surface area contributed by atoms with Crippen molar-refractivity contribution in [2.24, 2.45) is 0 Å². The monoisotopic (exact) mass is 388 g/mol. The minimum atomic E-state index is -0.0672. The summed E-state index contributed by atoms with van der Waals surface area (Å²) in [5.41, 5.74) is 4.88. The molecule has 0 saturated carbocycles. The van der Waals surface area contributed by atoms with Crippen LogP contribution < -0.4 is 5.32 Å². The Morgan fingerprint density at radius 3 is 2.72 bits per heavy atom. The largest absolute Gasteiger partial charge is 0.325 e. The number of nitrogens with one attached hydrogen (secondary N) is 1. The molecule has 2 aromatic carbocycles. The van der Waals surface area contributed by atoms with Crippen LogP contribution in [-0.2, 0) is 4.79 Å². The molecule has 128 valence electrons. The summed E-state index contributed by atoms with van der Waals surface area (Å²) in [5, 5.41) is 5.56. The zero-order valence-electron chi connectivity index (χ0n) is 13.9. The molecule has 0 bridgehead atoms. The smallest absolute Gasteiger partial charge is 0.234 e. The predicted molar refractivity (Wildman–Crippen MR) is 108 cm³/mol. The fraction of sp³-hybridized carbons (Fsp3) is 0.158. The van der Waals surface area contributed by atoms with E-state index in [1.54, 1.807) is 11.3 Å². The van der Waals surface area contributed by atoms with Crippen LogP contribution in [0.25, 0.3) is 11.3 Å². The molecule has 0 aliphatic carbocycles. The standard InChI is InChI=1S/C19H17ClN2OS2/c1-12-6-8-14(9-7-12)17-10-24-19(22-17)25-11-18(23)21-16-5-3-4-15(20)13(16)2/h3-10H,11H2,1-2H3,(H,21,23). The number of aromatic nitrogens is 1. The van der Waals surface area contributed by atoms with Crippen molar-refractivity contribution in [3.63, 3.8) is 0 Å². The number of hydrogen-bond acceptors (Lipinski definition) is 4. The molecule has 0 aliphatic heterocycles. The van der Waals surface area contributed by atoms with Gasteiger partial charge in [-0.1, -0.05) is 59.3 Å². The minimum absolute atomic E-state index is 0.0672. The minimum Gasteiger partial charge on any atom is -0.325 e. The number of thioether (sulfide) groups is 1. The summed E-state index contributed by atoms with van der Waals surface area (Å²) in [7, 11) is 0. The third kappa shape index (κ3) is 4.63. The maximum atomic E-state index is 12.2. The van der Waals surface area contributed by atoms with Gasteiger partial charge in [0.25, 0.3) is 0 Å². The summed E-state index contributed by atoms with van der Waals surface area (Å²) < 4.78 is 0.883. The summed E-state index contributed by atoms with van der Waals surface area (Å²) >= 11 is 9.07. The lowest BCUT2D eigenvalue weighted by atomic mass is 10.1. The summed E-state index contributed by atoms with van der Waals surface area (Å²) in [6, 6.07) is 13.8. The normalized spacial score (nSPS) is 10.7. The SMILES string of the molecule is Cc1ccc(-c2csc(SCC(=O)Nc3cccc(Cl)c3C)n2)cc1. The van der Waals surface area contributed by atoms with E-state index < -0.39 is 0 Å². The van der Waals surface area contributed by atoms with E-state index in [1.807, 2.05) is 30.5 Å². The summed E-state index contributed by atoms with van der Waals surface area (Å²) in [5.74, 6) is 0.245. The van der Waals surface area contributed by atoms with Crippen molar-refractivity contribution >= 4 is 46.3 Å². The second kappa shape index (κ2) is 8.04. The number of rotatable bonds is 5. The Morgan fingerprint density at radius 1 is 1.20 bits per heavy atom. The number of amides is 1. The zero-order valence-corrected chi connectivity index (χ0v) is 16.3. The molecule has 0 fully saturated rings. The Bertz CT molecular complexity index is 891. The Kier molecular flexibility index (Phi) is 5.78. The van der Waals surface area contributed by atoms with Gasteiger partial charge in [0.2, 0.25) is 5.91 Å². The van der Waals surface area contributed by atoms with Crippen LogP contribution in [-0.4, -0.2) is 16.6 Å². The van der Waals surface area contributed by atoms with Crippen molar-refractivity contribution < 1.29 is 4.79 Å². The highest BCUT2D eigenvalue weighted by molar-refractivity contribution is 8.01. The van der Waals surface area contributed by atoms with E-state index in [0.29, 0.717) is 10.8 Å². The van der Waals surface area contributed by atoms with E-state index in [2.05, 4.69) is 41.5 Å². The van der Waals surface area contributed by atoms with E-state index in [4.69, 9.17) is 11.6 Å². The molecule has 1 aromatic heterocycles. The average molecular weight is 389 g/mol. The van der Waals surface area contributed by atoms with Gasteiger partial charge in [-0.05, 0) is 31.5 Å². The number of aryl methyl sites for hydroxylation is 1. The number of carbonyl (C=O) groups is 1. The Hall–Kier alpha value is -1.82. The zero-order chi connectivity index (χ0) is 17.8. The molecule has 0 radical (unpaired) electrons. The molecular weight excluding hydrogens is 372 g/mol. The first-order chi connectivity index (χ1) is 12.0. The third-order valence-corrected chi connectivity index (χ3v) is 6.13. The molecule has 0 spiro atoms. The number of carbonyl (C=O) groups excluding carboxylic acids is 1. The van der Waals surface area contributed by atoms with Gasteiger partial charge in [-0.3, -0.25) is 4.79 Å². The molecule has 1 N–H and O–H groups in total. The van der Waals surface area contributed by atoms with Crippen LogP contribution in [0.1, 0.15) is 11.1 Å². The lowest BCUT2D eigenvalue weighted by molar-refractivity contribution is -0.113. The number of hydrogen-bond donors (Lipinski definition) is 1. The van der Waals surface area contributed by atoms with Gasteiger partial charge < -0.3 is 5.32 Å². The van der Waals surface area contributed by atoms with Crippen LogP contribution in [0, 0.1) is 13.8 Å². The van der Waals surface area contributed by atoms with Gasteiger partial charge in [0.1, 0.15) is 0 Å². The van der Waals surface area contributed by atoms with Gasteiger partial charge in [0.15, 0.2) is 4.34 Å². The average Bonchev–Trinajstić information content (AvgIpc) is 3.07. The first-order valence-corrected chi connectivity index (χ1v) is 9.97. The fourth-order valence-electron chi connectivity index (χ4n) is 2.24. The number of anilines is 1. The van der Waals surface area contributed by atoms with Crippen molar-refractivity contribution in [3.8, 4) is 11.3 Å². The van der Waals surface area contributed by atoms with Crippen molar-refractivity contribution in [2.75, 3.05) is 11.1 Å². The third-order valence-electron chi connectivity index (χ3n) is 3.70. The summed E-state index contributed by atoms with van der Waals surface area (Å²) in [6.07, 6.45) is 0. The topological polar surface area (TPSA) is 42.0 Å². The Morgan fingerprint density at radius 2 is 1.96 bits per heavy atom. The van der Waals surface area contributed by atoms with Gasteiger partial charge in [-0.25, -0.2) is 4.98 Å². The highest BCUT2D eigenvalue weighted by atomic mass is 35.5. The van der Waals surface area contributed by atoms with Crippen molar-refractivity contribution in [1.82, 2.24) is 4.98 Å². The van der Waals surface area contributed by atoms with E-state index in [0.717, 1.165) is 26.8 Å². The number of thiazole rings is 1. The lowest BCUT2D eigenvalue weighted by Gasteiger charge is -2.08. The molecule has 1 heterocycles. The highest BCUT2D eigenvalue weighted by Gasteiger charge is 2.10. The van der Waals surface area contributed by atoms with Gasteiger partial charge in [0, 0.05) is 21.7 Å². The lowest BCUT2D eigenvalue weighted by Crippen LogP contribution is -2.14. The van der Waals surface area contributed by atoms with E-state index in [-0.39, 0.29) is 5.91 Å². The molecule has 6 heteroatoms. The molecule has 3 aromatic rings. The highest BCUT2D eigenvalue weighted by Crippen LogP contribution is 2.29. The maximum absolute atomic E-state index is 12.2. The molecule has 0 atom stereocenters. The summed E-state index contributed by atoms with van der Waals surface area (Å²) in [4.78, 5) is 16.8. The first kappa shape index (κ1) is 18.0. The molecular formula is C19H17ClN2OS2. The Balaban J connectivity index is 1.59. The van der Waals surface area contributed by atoms with Crippen LogP contribution in [0.4, 0.5) is 5.69 Å². The van der Waals surface area contributed by atoms with Gasteiger partial charge in [0.05, 0.1) is 11.4 Å². The van der Waals surface area contributed by atoms with Gasteiger partial charge in [-0.2, -0.15) is 0 Å². The molecule has 3 nitrogen and oxygen atoms in total. The fourth-order valence-corrected chi connectivity index (χ4v) is 4.05. The number of halogens is 1. The van der Waals surface area contributed by atoms with Crippen molar-refractivity contribution in [2.45, 2.75) is 18.2 Å². The van der Waals surface area contributed by atoms with Crippen LogP contribution >= 0.6 is 34.7 Å². The van der Waals surface area contributed by atoms with Crippen LogP contribution in [0.3, 0.4) is 0 Å². The summed E-state index contributed by atoms with van der Waals surface area (Å²) in [6.45, 7) is 3.95. The van der Waals surface area contributed by atoms with E-state index in [1.165, 1.54) is 17.3 Å². The molecule has 0 unspecified atom stereocenters. The van der Waals surface area contributed by atoms with E-state index >= 15 is 0 Å². The predicted octanol–water partition coefficient (Wildman–Crippen LogP) is 5.81. The second-order valence-corrected chi connectivity index (χ2v) is 8.10.